The van der Waals surface area contributed by atoms with Crippen LogP contribution in [-0.4, -0.2) is 171 Å². The first-order valence-electron chi connectivity index (χ1n) is 31.9. The highest BCUT2D eigenvalue weighted by atomic mass is 32.2. The van der Waals surface area contributed by atoms with Crippen LogP contribution in [0, 0.1) is 6.92 Å². The molecule has 3 aliphatic rings. The molecule has 6 N–H and O–H groups in total. The van der Waals surface area contributed by atoms with Gasteiger partial charge in [-0.1, -0.05) is 0 Å². The maximum atomic E-state index is 12.1. The smallest absolute Gasteiger partial charge is 0.241 e. The molecule has 0 bridgehead atoms. The number of aryl methyl sites for hydroxylation is 1. The van der Waals surface area contributed by atoms with Crippen LogP contribution in [0.4, 0.5) is 17.8 Å². The largest absolute Gasteiger partial charge is 0.393 e. The Bertz CT molecular complexity index is 4220. The minimum atomic E-state index is -3.38. The molecule has 0 aromatic carbocycles. The fourth-order valence-electron chi connectivity index (χ4n) is 13.0. The summed E-state index contributed by atoms with van der Waals surface area (Å²) in [7, 11) is 1.64. The van der Waals surface area contributed by atoms with Gasteiger partial charge in [-0.3, -0.25) is 9.97 Å². The zero-order valence-electron chi connectivity index (χ0n) is 53.7. The van der Waals surface area contributed by atoms with E-state index < -0.39 is 9.84 Å². The summed E-state index contributed by atoms with van der Waals surface area (Å²) >= 11 is 0. The molecule has 488 valence electrons. The van der Waals surface area contributed by atoms with Crippen LogP contribution >= 0.6 is 0 Å². The highest BCUT2D eigenvalue weighted by Gasteiger charge is 2.30. The molecule has 10 aromatic heterocycles. The number of aromatic nitrogens is 13. The molecule has 10 aromatic rings. The molecule has 3 aliphatic carbocycles. The van der Waals surface area contributed by atoms with E-state index in [1.165, 1.54) is 23.8 Å². The third kappa shape index (κ3) is 15.4. The Morgan fingerprint density at radius 2 is 0.902 bits per heavy atom. The van der Waals surface area contributed by atoms with Crippen molar-refractivity contribution in [2.24, 2.45) is 0 Å². The van der Waals surface area contributed by atoms with Crippen LogP contribution in [0.2, 0.25) is 0 Å². The second-order valence-electron chi connectivity index (χ2n) is 25.1. The molecule has 92 heavy (non-hydrogen) atoms. The second kappa shape index (κ2) is 29.3. The summed E-state index contributed by atoms with van der Waals surface area (Å²) in [5, 5.41) is 54.2. The SMILES string of the molecule is COC[C@H](C)Nc1ncc2c(-c3ccc4nccn4c3)cc(C3CCC(O)CC3)n2n1.COC[C@H](C)Nc1ncc2c(-c3cncc(C)c3)cc(C3CCC(O)CC3)n2n1.COC[C@H](C)Nc1ncc2c(-c3cncc(S(C)(=O)=O)c3)cc(C3CCC(O)CC3)n2n1. The Balaban J connectivity index is 0.000000142. The molecule has 0 aliphatic heterocycles. The van der Waals surface area contributed by atoms with Gasteiger partial charge in [0.1, 0.15) is 5.65 Å². The van der Waals surface area contributed by atoms with E-state index in [1.54, 1.807) is 46.0 Å². The molecule has 3 fully saturated rings. The highest BCUT2D eigenvalue weighted by Crippen LogP contribution is 2.41. The van der Waals surface area contributed by atoms with E-state index in [-0.39, 0.29) is 47.3 Å². The van der Waals surface area contributed by atoms with Crippen molar-refractivity contribution < 1.29 is 37.9 Å². The van der Waals surface area contributed by atoms with Crippen molar-refractivity contribution in [2.45, 2.75) is 164 Å². The number of anilines is 3. The van der Waals surface area contributed by atoms with E-state index >= 15 is 0 Å². The monoisotopic (exact) mass is 1270 g/mol. The van der Waals surface area contributed by atoms with Crippen LogP contribution in [0.1, 0.15) is 138 Å². The zero-order chi connectivity index (χ0) is 64.6. The fraction of sp³-hybridized carbons (Fsp3) is 0.478. The molecule has 3 saturated carbocycles. The standard InChI is InChI=1S/C23H28N6O2.C22H29N5O4S.C22H29N5O2/c1-15(14-31-2)26-23-25-12-21-19(17-5-8-22-24-9-10-28(22)13-17)11-20(29(21)27-23)16-3-6-18(30)7-4-16;1-14(13-31-2)25-22-24-12-21-19(16-8-18(11-23-10-16)32(3,29)30)9-20(27(21)26-22)15-4-6-17(28)7-5-15;1-14-8-17(11-23-10-14)19-9-20(16-4-6-18(28)7-5-16)27-21(19)12-24-22(26-27)25-15(2)13-29-3/h5,8-13,15-16,18,30H,3-4,6-7,14H2,1-2H3,(H,26,27);8-12,14-15,17,28H,4-7,13H2,1-3H3,(H,25,26);8-12,15-16,18,28H,4-7,13H2,1-3H3,(H,25,26)/t15-,16?,18?;14-,15?,17?;15-,16?,18?/m000/s1. The number of ether oxygens (including phenoxy) is 3. The van der Waals surface area contributed by atoms with E-state index in [0.717, 1.165) is 138 Å². The number of rotatable bonds is 19. The van der Waals surface area contributed by atoms with E-state index in [9.17, 15) is 23.7 Å². The number of hydrogen-bond donors (Lipinski definition) is 6. The van der Waals surface area contributed by atoms with E-state index in [2.05, 4.69) is 82.4 Å². The predicted molar refractivity (Wildman–Crippen MR) is 354 cm³/mol. The lowest BCUT2D eigenvalue weighted by atomic mass is 9.85. The molecule has 0 spiro atoms. The molecule has 0 radical (unpaired) electrons. The van der Waals surface area contributed by atoms with Crippen molar-refractivity contribution in [1.29, 1.82) is 0 Å². The summed E-state index contributed by atoms with van der Waals surface area (Å²) < 4.78 is 47.7. The van der Waals surface area contributed by atoms with Crippen molar-refractivity contribution in [1.82, 2.24) is 63.1 Å². The third-order valence-electron chi connectivity index (χ3n) is 17.7. The van der Waals surface area contributed by atoms with Gasteiger partial charge in [0.2, 0.25) is 17.8 Å². The zero-order valence-corrected chi connectivity index (χ0v) is 54.5. The topological polar surface area (TPSA) is 292 Å². The number of nitrogens with zero attached hydrogens (tertiary/aromatic N) is 13. The summed E-state index contributed by atoms with van der Waals surface area (Å²) in [5.41, 5.74) is 14.1. The van der Waals surface area contributed by atoms with Crippen molar-refractivity contribution in [3.63, 3.8) is 0 Å². The van der Waals surface area contributed by atoms with Crippen molar-refractivity contribution in [3.8, 4) is 33.4 Å². The van der Waals surface area contributed by atoms with Gasteiger partial charge < -0.3 is 49.9 Å². The van der Waals surface area contributed by atoms with Crippen LogP contribution in [-0.2, 0) is 24.0 Å². The minimum absolute atomic E-state index is 0.0383. The number of nitrogens with one attached hydrogen (secondary N) is 3. The van der Waals surface area contributed by atoms with Gasteiger partial charge in [-0.2, -0.15) is 0 Å². The van der Waals surface area contributed by atoms with E-state index in [1.807, 2.05) is 82.7 Å². The van der Waals surface area contributed by atoms with E-state index in [0.29, 0.717) is 55.1 Å². The van der Waals surface area contributed by atoms with Crippen LogP contribution in [0.25, 0.3) is 55.6 Å². The highest BCUT2D eigenvalue weighted by molar-refractivity contribution is 7.90. The molecular weight excluding hydrogens is 1190 g/mol. The minimum Gasteiger partial charge on any atom is -0.393 e. The molecule has 24 nitrogen and oxygen atoms in total. The van der Waals surface area contributed by atoms with Gasteiger partial charge in [0.15, 0.2) is 9.84 Å². The number of imidazole rings is 1. The van der Waals surface area contributed by atoms with Gasteiger partial charge in [0.05, 0.1) is 78.2 Å². The first-order valence-corrected chi connectivity index (χ1v) is 33.8. The number of pyridine rings is 3. The number of aliphatic hydroxyl groups excluding tert-OH is 3. The lowest BCUT2D eigenvalue weighted by molar-refractivity contribution is 0.121. The molecule has 10 heterocycles. The Labute approximate surface area is 536 Å². The average Bonchev–Trinajstić information content (AvgIpc) is 1.67. The van der Waals surface area contributed by atoms with Crippen molar-refractivity contribution >= 4 is 49.9 Å². The normalized spacial score (nSPS) is 20.5. The molecule has 25 heteroatoms. The Morgan fingerprint density at radius 1 is 0.511 bits per heavy atom. The Morgan fingerprint density at radius 3 is 1.29 bits per heavy atom. The lowest BCUT2D eigenvalue weighted by Gasteiger charge is -2.25. The van der Waals surface area contributed by atoms with Crippen LogP contribution < -0.4 is 16.0 Å². The second-order valence-corrected chi connectivity index (χ2v) is 27.2. The van der Waals surface area contributed by atoms with Gasteiger partial charge >= 0.3 is 0 Å². The van der Waals surface area contributed by atoms with Crippen molar-refractivity contribution in [3.05, 3.63) is 127 Å². The van der Waals surface area contributed by atoms with Gasteiger partial charge in [-0.25, -0.2) is 41.9 Å². The average molecular weight is 1280 g/mol. The molecule has 0 saturated heterocycles. The summed E-state index contributed by atoms with van der Waals surface area (Å²) in [6, 6.07) is 14.7. The van der Waals surface area contributed by atoms with Gasteiger partial charge in [-0.15, -0.1) is 15.3 Å². The fourth-order valence-corrected chi connectivity index (χ4v) is 13.6. The number of aliphatic hydroxyl groups is 3. The Hall–Kier alpha value is -8.04. The summed E-state index contributed by atoms with van der Waals surface area (Å²) in [5.74, 6) is 2.64. The van der Waals surface area contributed by atoms with Crippen LogP contribution in [0.3, 0.4) is 0 Å². The first-order chi connectivity index (χ1) is 44.4. The van der Waals surface area contributed by atoms with Gasteiger partial charge in [0, 0.05) is 157 Å². The van der Waals surface area contributed by atoms with E-state index in [4.69, 9.17) is 29.5 Å². The van der Waals surface area contributed by atoms with Gasteiger partial charge in [-0.05, 0) is 153 Å². The predicted octanol–water partition coefficient (Wildman–Crippen LogP) is 9.73. The van der Waals surface area contributed by atoms with Crippen LogP contribution in [0.15, 0.2) is 109 Å². The van der Waals surface area contributed by atoms with Crippen molar-refractivity contribution in [2.75, 3.05) is 63.4 Å². The number of hydrogen-bond acceptors (Lipinski definition) is 20. The number of methoxy groups -OCH3 is 3. The number of sulfone groups is 1. The summed E-state index contributed by atoms with van der Waals surface area (Å²) in [6.45, 7) is 9.81. The maximum Gasteiger partial charge on any atom is 0.241 e. The molecule has 13 rings (SSSR count). The number of fused-ring (bicyclic) bond motifs is 4. The lowest BCUT2D eigenvalue weighted by Crippen LogP contribution is -2.23. The molecule has 0 unspecified atom stereocenters. The quantitative estimate of drug-likeness (QED) is 0.0439. The molecule has 0 amide bonds. The Kier molecular flexibility index (Phi) is 20.8. The third-order valence-corrected chi connectivity index (χ3v) is 18.8. The first kappa shape index (κ1) is 65.5. The van der Waals surface area contributed by atoms with Crippen LogP contribution in [0.5, 0.6) is 0 Å². The molecule has 3 atom stereocenters. The molecular formula is C67H86N16O8S. The summed E-state index contributed by atoms with van der Waals surface area (Å²) in [4.78, 5) is 26.6. The summed E-state index contributed by atoms with van der Waals surface area (Å²) in [6.07, 6.45) is 29.1. The van der Waals surface area contributed by atoms with Gasteiger partial charge in [0.25, 0.3) is 0 Å². The maximum absolute atomic E-state index is 12.1.